The van der Waals surface area contributed by atoms with E-state index in [0.29, 0.717) is 19.3 Å². The van der Waals surface area contributed by atoms with Gasteiger partial charge >= 0.3 is 17.9 Å². The van der Waals surface area contributed by atoms with Crippen LogP contribution < -0.4 is 0 Å². The van der Waals surface area contributed by atoms with E-state index in [1.165, 1.54) is 231 Å². The molecule has 0 aliphatic heterocycles. The Bertz CT molecular complexity index is 1170. The van der Waals surface area contributed by atoms with Gasteiger partial charge in [0.15, 0.2) is 6.10 Å². The SMILES string of the molecule is CCCCC/C=C\C/C=C\CCCCCCCCCCCC(=O)OC[C@@H](COC(=O)CCCCCCCCCCCCCCCC)OC(=O)CCCCCCCCC/C=C\CCCCCCCCCC. The highest BCUT2D eigenvalue weighted by molar-refractivity contribution is 5.71. The van der Waals surface area contributed by atoms with Gasteiger partial charge in [0.1, 0.15) is 13.2 Å². The zero-order valence-electron chi connectivity index (χ0n) is 47.1. The molecule has 0 saturated heterocycles. The molecule has 0 aliphatic rings. The Morgan fingerprint density at radius 3 is 0.829 bits per heavy atom. The van der Waals surface area contributed by atoms with Crippen LogP contribution in [0.4, 0.5) is 0 Å². The Kier molecular flexibility index (Phi) is 57.2. The van der Waals surface area contributed by atoms with Crippen molar-refractivity contribution in [1.29, 1.82) is 0 Å². The summed E-state index contributed by atoms with van der Waals surface area (Å²) in [6.45, 7) is 6.66. The maximum atomic E-state index is 12.9. The molecule has 0 radical (unpaired) electrons. The lowest BCUT2D eigenvalue weighted by molar-refractivity contribution is -0.167. The van der Waals surface area contributed by atoms with Gasteiger partial charge in [-0.05, 0) is 77.0 Å². The number of esters is 3. The van der Waals surface area contributed by atoms with Gasteiger partial charge in [0.25, 0.3) is 0 Å². The topological polar surface area (TPSA) is 78.9 Å². The fraction of sp³-hybridized carbons (Fsp3) is 0.859. The van der Waals surface area contributed by atoms with Crippen LogP contribution in [-0.2, 0) is 28.6 Å². The van der Waals surface area contributed by atoms with E-state index in [1.54, 1.807) is 0 Å². The van der Waals surface area contributed by atoms with Gasteiger partial charge in [-0.25, -0.2) is 0 Å². The lowest BCUT2D eigenvalue weighted by atomic mass is 10.0. The molecule has 0 fully saturated rings. The van der Waals surface area contributed by atoms with Crippen LogP contribution in [0.25, 0.3) is 0 Å². The summed E-state index contributed by atoms with van der Waals surface area (Å²) in [5.41, 5.74) is 0. The summed E-state index contributed by atoms with van der Waals surface area (Å²) >= 11 is 0. The number of hydrogen-bond donors (Lipinski definition) is 0. The number of rotatable bonds is 57. The third-order valence-electron chi connectivity index (χ3n) is 13.9. The van der Waals surface area contributed by atoms with E-state index in [-0.39, 0.29) is 31.1 Å². The monoisotopic (exact) mass is 983 g/mol. The van der Waals surface area contributed by atoms with Gasteiger partial charge < -0.3 is 14.2 Å². The first-order chi connectivity index (χ1) is 34.5. The Morgan fingerprint density at radius 1 is 0.286 bits per heavy atom. The Balaban J connectivity index is 4.33. The minimum atomic E-state index is -0.774. The summed E-state index contributed by atoms with van der Waals surface area (Å²) in [4.78, 5) is 38.3. The summed E-state index contributed by atoms with van der Waals surface area (Å²) in [6, 6.07) is 0. The molecule has 0 N–H and O–H groups in total. The standard InChI is InChI=1S/C64H118O6/c1-4-7-10-13-16-19-22-25-28-30-32-34-36-39-42-45-48-51-54-57-63(66)69-60-61(59-68-62(65)56-53-50-47-44-41-38-27-24-21-18-15-12-9-6-3)70-64(67)58-55-52-49-46-43-40-37-35-33-31-29-26-23-20-17-14-11-8-5-2/h16,19,25,28,31,33,61H,4-15,17-18,20-24,26-27,29-30,32,34-60H2,1-3H3/b19-16-,28-25-,33-31-/t61-/m1/s1. The number of ether oxygens (including phenoxy) is 3. The van der Waals surface area contributed by atoms with Gasteiger partial charge in [0, 0.05) is 19.3 Å². The van der Waals surface area contributed by atoms with Crippen LogP contribution >= 0.6 is 0 Å². The van der Waals surface area contributed by atoms with Crippen LogP contribution in [0.3, 0.4) is 0 Å². The number of carbonyl (C=O) groups is 3. The second kappa shape index (κ2) is 59.2. The Morgan fingerprint density at radius 2 is 0.514 bits per heavy atom. The number of hydrogen-bond acceptors (Lipinski definition) is 6. The van der Waals surface area contributed by atoms with Crippen LogP contribution in [-0.4, -0.2) is 37.2 Å². The number of carbonyl (C=O) groups excluding carboxylic acids is 3. The molecule has 0 aromatic carbocycles. The number of unbranched alkanes of at least 4 members (excludes halogenated alkanes) is 40. The van der Waals surface area contributed by atoms with Crippen molar-refractivity contribution < 1.29 is 28.6 Å². The van der Waals surface area contributed by atoms with Crippen molar-refractivity contribution in [2.75, 3.05) is 13.2 Å². The largest absolute Gasteiger partial charge is 0.462 e. The second-order valence-electron chi connectivity index (χ2n) is 21.0. The van der Waals surface area contributed by atoms with Crippen molar-refractivity contribution in [2.24, 2.45) is 0 Å². The lowest BCUT2D eigenvalue weighted by Crippen LogP contribution is -2.30. The van der Waals surface area contributed by atoms with E-state index in [4.69, 9.17) is 14.2 Å². The summed E-state index contributed by atoms with van der Waals surface area (Å²) < 4.78 is 16.9. The third kappa shape index (κ3) is 56.5. The van der Waals surface area contributed by atoms with E-state index >= 15 is 0 Å². The second-order valence-corrected chi connectivity index (χ2v) is 21.0. The first-order valence-corrected chi connectivity index (χ1v) is 31.0. The van der Waals surface area contributed by atoms with Crippen LogP contribution in [0, 0.1) is 0 Å². The van der Waals surface area contributed by atoms with E-state index in [2.05, 4.69) is 57.2 Å². The summed E-state index contributed by atoms with van der Waals surface area (Å²) in [5, 5.41) is 0. The first kappa shape index (κ1) is 67.6. The van der Waals surface area contributed by atoms with Crippen molar-refractivity contribution in [2.45, 2.75) is 341 Å². The zero-order chi connectivity index (χ0) is 50.7. The minimum Gasteiger partial charge on any atom is -0.462 e. The molecular formula is C64H118O6. The van der Waals surface area contributed by atoms with Crippen LogP contribution in [0.15, 0.2) is 36.5 Å². The fourth-order valence-corrected chi connectivity index (χ4v) is 9.18. The molecule has 70 heavy (non-hydrogen) atoms. The molecule has 0 bridgehead atoms. The Labute approximate surface area is 435 Å². The number of allylic oxidation sites excluding steroid dienone is 6. The average Bonchev–Trinajstić information content (AvgIpc) is 3.36. The molecule has 410 valence electrons. The molecule has 6 heteroatoms. The van der Waals surface area contributed by atoms with Crippen LogP contribution in [0.5, 0.6) is 0 Å². The van der Waals surface area contributed by atoms with Gasteiger partial charge in [-0.3, -0.25) is 14.4 Å². The van der Waals surface area contributed by atoms with E-state index in [0.717, 1.165) is 64.2 Å². The third-order valence-corrected chi connectivity index (χ3v) is 13.9. The van der Waals surface area contributed by atoms with E-state index < -0.39 is 6.10 Å². The maximum absolute atomic E-state index is 12.9. The molecule has 0 amide bonds. The molecule has 0 aromatic heterocycles. The van der Waals surface area contributed by atoms with Gasteiger partial charge in [-0.1, -0.05) is 276 Å². The van der Waals surface area contributed by atoms with Crippen molar-refractivity contribution >= 4 is 17.9 Å². The van der Waals surface area contributed by atoms with E-state index in [1.807, 2.05) is 0 Å². The fourth-order valence-electron chi connectivity index (χ4n) is 9.18. The summed E-state index contributed by atoms with van der Waals surface area (Å²) in [7, 11) is 0. The zero-order valence-corrected chi connectivity index (χ0v) is 47.1. The van der Waals surface area contributed by atoms with E-state index in [9.17, 15) is 14.4 Å². The average molecular weight is 984 g/mol. The molecule has 1 atom stereocenters. The predicted octanol–water partition coefficient (Wildman–Crippen LogP) is 20.8. The lowest BCUT2D eigenvalue weighted by Gasteiger charge is -2.18. The normalized spacial score (nSPS) is 12.2. The summed E-state index contributed by atoms with van der Waals surface area (Å²) in [6.07, 6.45) is 71.4. The molecule has 0 aromatic rings. The minimum absolute atomic E-state index is 0.0710. The Hall–Kier alpha value is -2.37. The maximum Gasteiger partial charge on any atom is 0.306 e. The molecular weight excluding hydrogens is 865 g/mol. The highest BCUT2D eigenvalue weighted by Crippen LogP contribution is 2.17. The smallest absolute Gasteiger partial charge is 0.306 e. The van der Waals surface area contributed by atoms with Crippen LogP contribution in [0.2, 0.25) is 0 Å². The molecule has 0 aliphatic carbocycles. The van der Waals surface area contributed by atoms with Crippen molar-refractivity contribution in [3.05, 3.63) is 36.5 Å². The van der Waals surface area contributed by atoms with Gasteiger partial charge in [0.2, 0.25) is 0 Å². The molecule has 0 unspecified atom stereocenters. The summed E-state index contributed by atoms with van der Waals surface area (Å²) in [5.74, 6) is -0.858. The van der Waals surface area contributed by atoms with Crippen LogP contribution in [0.1, 0.15) is 335 Å². The predicted molar refractivity (Wildman–Crippen MR) is 302 cm³/mol. The molecule has 0 rings (SSSR count). The highest BCUT2D eigenvalue weighted by Gasteiger charge is 2.19. The molecule has 0 spiro atoms. The van der Waals surface area contributed by atoms with Crippen molar-refractivity contribution in [1.82, 2.24) is 0 Å². The van der Waals surface area contributed by atoms with Crippen molar-refractivity contribution in [3.63, 3.8) is 0 Å². The van der Waals surface area contributed by atoms with Crippen molar-refractivity contribution in [3.8, 4) is 0 Å². The molecule has 6 nitrogen and oxygen atoms in total. The van der Waals surface area contributed by atoms with Gasteiger partial charge in [-0.15, -0.1) is 0 Å². The highest BCUT2D eigenvalue weighted by atomic mass is 16.6. The van der Waals surface area contributed by atoms with Gasteiger partial charge in [-0.2, -0.15) is 0 Å². The first-order valence-electron chi connectivity index (χ1n) is 31.0. The molecule has 0 saturated carbocycles. The molecule has 0 heterocycles. The van der Waals surface area contributed by atoms with Gasteiger partial charge in [0.05, 0.1) is 0 Å². The quantitative estimate of drug-likeness (QED) is 0.0261.